The number of sulfone groups is 1. The smallest absolute Gasteiger partial charge is 0.276 e. The fourth-order valence-electron chi connectivity index (χ4n) is 3.08. The highest BCUT2D eigenvalue weighted by Gasteiger charge is 2.37. The van der Waals surface area contributed by atoms with Crippen molar-refractivity contribution in [3.8, 4) is 0 Å². The van der Waals surface area contributed by atoms with Gasteiger partial charge in [-0.05, 0) is 31.4 Å². The molecule has 1 aliphatic heterocycles. The van der Waals surface area contributed by atoms with Gasteiger partial charge in [0.2, 0.25) is 0 Å². The summed E-state index contributed by atoms with van der Waals surface area (Å²) >= 11 is 0. The van der Waals surface area contributed by atoms with E-state index in [9.17, 15) is 13.2 Å². The van der Waals surface area contributed by atoms with Crippen LogP contribution in [0.1, 0.15) is 41.4 Å². The lowest BCUT2D eigenvalue weighted by molar-refractivity contribution is 0.0783. The Bertz CT molecular complexity index is 856. The minimum absolute atomic E-state index is 0.196. The maximum Gasteiger partial charge on any atom is 0.276 e. The van der Waals surface area contributed by atoms with Crippen molar-refractivity contribution in [3.63, 3.8) is 0 Å². The van der Waals surface area contributed by atoms with Gasteiger partial charge in [0.1, 0.15) is 5.76 Å². The number of carbonyl (C=O) groups excluding carboxylic acids is 1. The fourth-order valence-corrected chi connectivity index (χ4v) is 4.79. The summed E-state index contributed by atoms with van der Waals surface area (Å²) in [5, 5.41) is 3.28. The van der Waals surface area contributed by atoms with Gasteiger partial charge in [-0.15, -0.1) is 0 Å². The lowest BCUT2D eigenvalue weighted by Crippen LogP contribution is -2.32. The van der Waals surface area contributed by atoms with Gasteiger partial charge >= 0.3 is 0 Å². The summed E-state index contributed by atoms with van der Waals surface area (Å²) in [4.78, 5) is 14.4. The first-order chi connectivity index (χ1) is 11.6. The van der Waals surface area contributed by atoms with Crippen molar-refractivity contribution in [2.75, 3.05) is 13.1 Å². The standard InChI is InChI=1S/C17H18N2O4S/c20-17(15-10-16(23-18-15)12-6-7-12)19-9-8-14(11-19)24(21,22)13-4-2-1-3-5-13/h1-5,10,12,14H,6-9,11H2. The molecule has 7 heteroatoms. The van der Waals surface area contributed by atoms with Crippen molar-refractivity contribution < 1.29 is 17.7 Å². The number of rotatable bonds is 4. The second kappa shape index (κ2) is 5.73. The number of benzene rings is 1. The lowest BCUT2D eigenvalue weighted by atomic mass is 10.2. The van der Waals surface area contributed by atoms with E-state index in [0.717, 1.165) is 18.6 Å². The average molecular weight is 346 g/mol. The maximum absolute atomic E-state index is 12.7. The Balaban J connectivity index is 1.48. The number of amides is 1. The Hall–Kier alpha value is -2.15. The molecule has 2 heterocycles. The maximum atomic E-state index is 12.7. The summed E-state index contributed by atoms with van der Waals surface area (Å²) in [7, 11) is -3.42. The molecule has 0 radical (unpaired) electrons. The second-order valence-corrected chi connectivity index (χ2v) is 8.64. The minimum atomic E-state index is -3.42. The van der Waals surface area contributed by atoms with Crippen LogP contribution in [0.4, 0.5) is 0 Å². The molecule has 0 bridgehead atoms. The van der Waals surface area contributed by atoms with E-state index in [4.69, 9.17) is 4.52 Å². The SMILES string of the molecule is O=C(c1cc(C2CC2)on1)N1CCC(S(=O)(=O)c2ccccc2)C1. The van der Waals surface area contributed by atoms with Crippen molar-refractivity contribution in [3.05, 3.63) is 47.9 Å². The summed E-state index contributed by atoms with van der Waals surface area (Å²) in [6.07, 6.45) is 2.59. The van der Waals surface area contributed by atoms with E-state index in [2.05, 4.69) is 5.16 Å². The molecule has 0 N–H and O–H groups in total. The van der Waals surface area contributed by atoms with Crippen LogP contribution in [0.15, 0.2) is 45.8 Å². The van der Waals surface area contributed by atoms with Gasteiger partial charge in [0, 0.05) is 25.1 Å². The third-order valence-electron chi connectivity index (χ3n) is 4.67. The summed E-state index contributed by atoms with van der Waals surface area (Å²) < 4.78 is 30.6. The molecule has 1 unspecified atom stereocenters. The Morgan fingerprint density at radius 1 is 1.17 bits per heavy atom. The first kappa shape index (κ1) is 15.4. The van der Waals surface area contributed by atoms with Crippen molar-refractivity contribution in [1.29, 1.82) is 0 Å². The van der Waals surface area contributed by atoms with Crippen LogP contribution in [0, 0.1) is 0 Å². The van der Waals surface area contributed by atoms with Crippen LogP contribution in [0.2, 0.25) is 0 Å². The topological polar surface area (TPSA) is 80.5 Å². The molecule has 1 atom stereocenters. The van der Waals surface area contributed by atoms with Gasteiger partial charge in [-0.3, -0.25) is 4.79 Å². The Morgan fingerprint density at radius 3 is 2.62 bits per heavy atom. The zero-order valence-electron chi connectivity index (χ0n) is 13.1. The Labute approximate surface area is 140 Å². The summed E-state index contributed by atoms with van der Waals surface area (Å²) in [5.74, 6) is 0.895. The number of likely N-dealkylation sites (tertiary alicyclic amines) is 1. The van der Waals surface area contributed by atoms with E-state index in [1.54, 1.807) is 41.3 Å². The minimum Gasteiger partial charge on any atom is -0.360 e. The number of nitrogens with zero attached hydrogens (tertiary/aromatic N) is 2. The molecule has 1 aromatic carbocycles. The largest absolute Gasteiger partial charge is 0.360 e. The Kier molecular flexibility index (Phi) is 3.68. The van der Waals surface area contributed by atoms with Gasteiger partial charge in [0.25, 0.3) is 5.91 Å². The molecule has 4 rings (SSSR count). The van der Waals surface area contributed by atoms with E-state index in [-0.39, 0.29) is 18.1 Å². The molecule has 24 heavy (non-hydrogen) atoms. The van der Waals surface area contributed by atoms with Gasteiger partial charge in [-0.25, -0.2) is 8.42 Å². The molecule has 6 nitrogen and oxygen atoms in total. The van der Waals surface area contributed by atoms with E-state index in [0.29, 0.717) is 23.8 Å². The highest BCUT2D eigenvalue weighted by molar-refractivity contribution is 7.92. The predicted octanol–water partition coefficient (Wildman–Crippen LogP) is 2.24. The van der Waals surface area contributed by atoms with Crippen LogP contribution >= 0.6 is 0 Å². The third-order valence-corrected chi connectivity index (χ3v) is 6.86. The van der Waals surface area contributed by atoms with Crippen molar-refractivity contribution in [2.45, 2.75) is 35.3 Å². The van der Waals surface area contributed by atoms with E-state index in [1.165, 1.54) is 0 Å². The first-order valence-electron chi connectivity index (χ1n) is 8.10. The molecule has 2 aromatic rings. The van der Waals surface area contributed by atoms with Crippen LogP contribution in [0.25, 0.3) is 0 Å². The molecule has 1 aromatic heterocycles. The normalized spacial score (nSPS) is 21.2. The highest BCUT2D eigenvalue weighted by atomic mass is 32.2. The van der Waals surface area contributed by atoms with E-state index >= 15 is 0 Å². The van der Waals surface area contributed by atoms with Gasteiger partial charge in [0.05, 0.1) is 10.1 Å². The second-order valence-electron chi connectivity index (χ2n) is 6.41. The number of aromatic nitrogens is 1. The molecule has 1 saturated heterocycles. The van der Waals surface area contributed by atoms with Crippen molar-refractivity contribution in [2.24, 2.45) is 0 Å². The quantitative estimate of drug-likeness (QED) is 0.848. The molecular formula is C17H18N2O4S. The van der Waals surface area contributed by atoms with Gasteiger partial charge in [-0.1, -0.05) is 23.4 Å². The molecule has 1 aliphatic carbocycles. The monoisotopic (exact) mass is 346 g/mol. The molecule has 2 aliphatic rings. The van der Waals surface area contributed by atoms with Crippen molar-refractivity contribution in [1.82, 2.24) is 10.1 Å². The van der Waals surface area contributed by atoms with Crippen LogP contribution in [0.3, 0.4) is 0 Å². The summed E-state index contributed by atoms with van der Waals surface area (Å²) in [6, 6.07) is 10.1. The van der Waals surface area contributed by atoms with Gasteiger partial charge in [-0.2, -0.15) is 0 Å². The van der Waals surface area contributed by atoms with Crippen LogP contribution in [0.5, 0.6) is 0 Å². The van der Waals surface area contributed by atoms with Crippen molar-refractivity contribution >= 4 is 15.7 Å². The molecular weight excluding hydrogens is 328 g/mol. The van der Waals surface area contributed by atoms with Gasteiger partial charge < -0.3 is 9.42 Å². The predicted molar refractivity (Wildman–Crippen MR) is 86.4 cm³/mol. The average Bonchev–Trinajstić information content (AvgIpc) is 3.14. The van der Waals surface area contributed by atoms with Gasteiger partial charge in [0.15, 0.2) is 15.5 Å². The number of carbonyl (C=O) groups is 1. The highest BCUT2D eigenvalue weighted by Crippen LogP contribution is 2.40. The zero-order valence-corrected chi connectivity index (χ0v) is 13.9. The molecule has 1 amide bonds. The first-order valence-corrected chi connectivity index (χ1v) is 9.65. The molecule has 126 valence electrons. The van der Waals surface area contributed by atoms with Crippen LogP contribution < -0.4 is 0 Å². The summed E-state index contributed by atoms with van der Waals surface area (Å²) in [6.45, 7) is 0.614. The summed E-state index contributed by atoms with van der Waals surface area (Å²) in [5.41, 5.74) is 0.273. The van der Waals surface area contributed by atoms with E-state index < -0.39 is 15.1 Å². The fraction of sp³-hybridized carbons (Fsp3) is 0.412. The zero-order chi connectivity index (χ0) is 16.7. The van der Waals surface area contributed by atoms with Crippen LogP contribution in [-0.2, 0) is 9.84 Å². The number of hydrogen-bond acceptors (Lipinski definition) is 5. The number of hydrogen-bond donors (Lipinski definition) is 0. The van der Waals surface area contributed by atoms with E-state index in [1.807, 2.05) is 0 Å². The Morgan fingerprint density at radius 2 is 1.92 bits per heavy atom. The molecule has 0 spiro atoms. The van der Waals surface area contributed by atoms with Crippen LogP contribution in [-0.4, -0.2) is 42.7 Å². The third kappa shape index (κ3) is 2.73. The molecule has 1 saturated carbocycles. The lowest BCUT2D eigenvalue weighted by Gasteiger charge is -2.15. The molecule has 2 fully saturated rings.